The number of aromatic nitrogens is 2. The van der Waals surface area contributed by atoms with Crippen LogP contribution < -0.4 is 10.6 Å². The van der Waals surface area contributed by atoms with E-state index < -0.39 is 0 Å². The molecule has 2 aromatic heterocycles. The van der Waals surface area contributed by atoms with Crippen molar-refractivity contribution >= 4 is 44.7 Å². The third-order valence-electron chi connectivity index (χ3n) is 4.09. The number of anilines is 3. The molecular weight excluding hydrogens is 336 g/mol. The largest absolute Gasteiger partial charge is 0.368 e. The minimum Gasteiger partial charge on any atom is -0.368 e. The van der Waals surface area contributed by atoms with E-state index in [1.165, 1.54) is 4.88 Å². The highest BCUT2D eigenvalue weighted by molar-refractivity contribution is 7.18. The van der Waals surface area contributed by atoms with Gasteiger partial charge in [-0.25, -0.2) is 9.97 Å². The molecule has 1 amide bonds. The van der Waals surface area contributed by atoms with Crippen LogP contribution in [0, 0.1) is 6.92 Å². The molecule has 1 atom stereocenters. The van der Waals surface area contributed by atoms with E-state index >= 15 is 0 Å². The molecular formula is C18H18N4O2S. The zero-order valence-electron chi connectivity index (χ0n) is 13.8. The number of fused-ring (bicyclic) bond motifs is 1. The molecule has 0 saturated carbocycles. The SMILES string of the molecule is Cc1cc2c(Nc3ccc(NC(=O)C4CCCO4)cc3)ncnc2s1. The fourth-order valence-corrected chi connectivity index (χ4v) is 3.70. The van der Waals surface area contributed by atoms with Crippen molar-refractivity contribution in [3.8, 4) is 0 Å². The molecule has 1 aliphatic heterocycles. The lowest BCUT2D eigenvalue weighted by molar-refractivity contribution is -0.124. The summed E-state index contributed by atoms with van der Waals surface area (Å²) in [6.07, 6.45) is 2.97. The van der Waals surface area contributed by atoms with Crippen LogP contribution in [-0.4, -0.2) is 28.6 Å². The first-order valence-electron chi connectivity index (χ1n) is 8.20. The summed E-state index contributed by atoms with van der Waals surface area (Å²) >= 11 is 1.65. The monoisotopic (exact) mass is 354 g/mol. The van der Waals surface area contributed by atoms with Gasteiger partial charge in [-0.3, -0.25) is 4.79 Å². The lowest BCUT2D eigenvalue weighted by Gasteiger charge is -2.11. The lowest BCUT2D eigenvalue weighted by atomic mass is 10.2. The highest BCUT2D eigenvalue weighted by Gasteiger charge is 2.23. The second-order valence-electron chi connectivity index (χ2n) is 5.99. The van der Waals surface area contributed by atoms with Gasteiger partial charge in [0.15, 0.2) is 0 Å². The van der Waals surface area contributed by atoms with Gasteiger partial charge in [-0.15, -0.1) is 11.3 Å². The average molecular weight is 354 g/mol. The number of hydrogen-bond acceptors (Lipinski definition) is 6. The molecule has 1 fully saturated rings. The van der Waals surface area contributed by atoms with Crippen LogP contribution in [0.5, 0.6) is 0 Å². The summed E-state index contributed by atoms with van der Waals surface area (Å²) in [6.45, 7) is 2.72. The maximum absolute atomic E-state index is 12.1. The maximum atomic E-state index is 12.1. The second kappa shape index (κ2) is 6.78. The first-order chi connectivity index (χ1) is 12.2. The van der Waals surface area contributed by atoms with Gasteiger partial charge in [0, 0.05) is 22.9 Å². The summed E-state index contributed by atoms with van der Waals surface area (Å²) in [6, 6.07) is 9.65. The Morgan fingerprint density at radius 3 is 2.80 bits per heavy atom. The van der Waals surface area contributed by atoms with Crippen molar-refractivity contribution < 1.29 is 9.53 Å². The topological polar surface area (TPSA) is 76.1 Å². The number of hydrogen-bond donors (Lipinski definition) is 2. The first kappa shape index (κ1) is 16.0. The summed E-state index contributed by atoms with van der Waals surface area (Å²) in [4.78, 5) is 22.9. The van der Waals surface area contributed by atoms with Crippen molar-refractivity contribution in [1.29, 1.82) is 0 Å². The summed E-state index contributed by atoms with van der Waals surface area (Å²) in [5.41, 5.74) is 1.66. The van der Waals surface area contributed by atoms with Crippen molar-refractivity contribution in [3.63, 3.8) is 0 Å². The number of nitrogens with zero attached hydrogens (tertiary/aromatic N) is 2. The van der Waals surface area contributed by atoms with Crippen LogP contribution in [0.25, 0.3) is 10.2 Å². The third kappa shape index (κ3) is 3.47. The Bertz CT molecular complexity index is 901. The Morgan fingerprint density at radius 2 is 2.04 bits per heavy atom. The Labute approximate surface area is 149 Å². The van der Waals surface area contributed by atoms with Crippen molar-refractivity contribution in [2.45, 2.75) is 25.9 Å². The molecule has 0 bridgehead atoms. The van der Waals surface area contributed by atoms with Gasteiger partial charge in [-0.05, 0) is 50.1 Å². The number of amides is 1. The number of ether oxygens (including phenoxy) is 1. The molecule has 0 spiro atoms. The van der Waals surface area contributed by atoms with Gasteiger partial charge in [-0.1, -0.05) is 0 Å². The van der Waals surface area contributed by atoms with E-state index in [9.17, 15) is 4.79 Å². The molecule has 1 aliphatic rings. The zero-order chi connectivity index (χ0) is 17.2. The van der Waals surface area contributed by atoms with Crippen molar-refractivity contribution in [2.75, 3.05) is 17.2 Å². The molecule has 0 radical (unpaired) electrons. The van der Waals surface area contributed by atoms with Crippen molar-refractivity contribution in [2.24, 2.45) is 0 Å². The Balaban J connectivity index is 1.47. The first-order valence-corrected chi connectivity index (χ1v) is 9.01. The molecule has 4 rings (SSSR count). The van der Waals surface area contributed by atoms with Gasteiger partial charge >= 0.3 is 0 Å². The minimum absolute atomic E-state index is 0.0792. The maximum Gasteiger partial charge on any atom is 0.253 e. The normalized spacial score (nSPS) is 16.9. The summed E-state index contributed by atoms with van der Waals surface area (Å²) in [5, 5.41) is 7.22. The van der Waals surface area contributed by atoms with Crippen molar-refractivity contribution in [3.05, 3.63) is 41.5 Å². The van der Waals surface area contributed by atoms with E-state index in [1.54, 1.807) is 17.7 Å². The Morgan fingerprint density at radius 1 is 1.24 bits per heavy atom. The molecule has 3 heterocycles. The highest BCUT2D eigenvalue weighted by atomic mass is 32.1. The third-order valence-corrected chi connectivity index (χ3v) is 5.05. The van der Waals surface area contributed by atoms with Crippen LogP contribution in [-0.2, 0) is 9.53 Å². The number of aryl methyl sites for hydroxylation is 1. The fraction of sp³-hybridized carbons (Fsp3) is 0.278. The number of nitrogens with one attached hydrogen (secondary N) is 2. The molecule has 0 aliphatic carbocycles. The summed E-state index contributed by atoms with van der Waals surface area (Å²) in [5.74, 6) is 0.704. The molecule has 6 nitrogen and oxygen atoms in total. The average Bonchev–Trinajstić information content (AvgIpc) is 3.26. The van der Waals surface area contributed by atoms with Gasteiger partial charge in [0.05, 0.1) is 5.39 Å². The zero-order valence-corrected chi connectivity index (χ0v) is 14.6. The molecule has 128 valence electrons. The summed E-state index contributed by atoms with van der Waals surface area (Å²) in [7, 11) is 0. The van der Waals surface area contributed by atoms with Crippen LogP contribution in [0.2, 0.25) is 0 Å². The van der Waals surface area contributed by atoms with E-state index in [0.29, 0.717) is 6.61 Å². The molecule has 1 saturated heterocycles. The van der Waals surface area contributed by atoms with Crippen LogP contribution in [0.4, 0.5) is 17.2 Å². The highest BCUT2D eigenvalue weighted by Crippen LogP contribution is 2.29. The Kier molecular flexibility index (Phi) is 4.33. The smallest absolute Gasteiger partial charge is 0.253 e. The number of carbonyl (C=O) groups is 1. The quantitative estimate of drug-likeness (QED) is 0.744. The number of carbonyl (C=O) groups excluding carboxylic acids is 1. The van der Waals surface area contributed by atoms with Crippen LogP contribution in [0.3, 0.4) is 0 Å². The van der Waals surface area contributed by atoms with Gasteiger partial charge in [-0.2, -0.15) is 0 Å². The predicted octanol–water partition coefficient (Wildman–Crippen LogP) is 3.86. The molecule has 25 heavy (non-hydrogen) atoms. The minimum atomic E-state index is -0.325. The molecule has 2 N–H and O–H groups in total. The van der Waals surface area contributed by atoms with E-state index in [1.807, 2.05) is 24.3 Å². The Hall–Kier alpha value is -2.51. The van der Waals surface area contributed by atoms with Gasteiger partial charge in [0.2, 0.25) is 0 Å². The number of thiophene rings is 1. The van der Waals surface area contributed by atoms with Gasteiger partial charge < -0.3 is 15.4 Å². The van der Waals surface area contributed by atoms with Gasteiger partial charge in [0.25, 0.3) is 5.91 Å². The molecule has 1 unspecified atom stereocenters. The van der Waals surface area contributed by atoms with Crippen molar-refractivity contribution in [1.82, 2.24) is 9.97 Å². The van der Waals surface area contributed by atoms with Crippen LogP contribution in [0.1, 0.15) is 17.7 Å². The molecule has 3 aromatic rings. The van der Waals surface area contributed by atoms with E-state index in [-0.39, 0.29) is 12.0 Å². The second-order valence-corrected chi connectivity index (χ2v) is 7.23. The van der Waals surface area contributed by atoms with E-state index in [2.05, 4.69) is 33.6 Å². The molecule has 1 aromatic carbocycles. The predicted molar refractivity (Wildman–Crippen MR) is 99.5 cm³/mol. The number of benzene rings is 1. The van der Waals surface area contributed by atoms with Crippen LogP contribution in [0.15, 0.2) is 36.7 Å². The summed E-state index contributed by atoms with van der Waals surface area (Å²) < 4.78 is 5.39. The van der Waals surface area contributed by atoms with Crippen LogP contribution >= 0.6 is 11.3 Å². The van der Waals surface area contributed by atoms with E-state index in [0.717, 1.165) is 40.3 Å². The number of rotatable bonds is 4. The standard InChI is InChI=1S/C18H18N4O2S/c1-11-9-14-16(19-10-20-18(14)25-11)21-12-4-6-13(7-5-12)22-17(23)15-3-2-8-24-15/h4-7,9-10,15H,2-3,8H2,1H3,(H,22,23)(H,19,20,21). The van der Waals surface area contributed by atoms with E-state index in [4.69, 9.17) is 4.74 Å². The lowest BCUT2D eigenvalue weighted by Crippen LogP contribution is -2.26. The fourth-order valence-electron chi connectivity index (χ4n) is 2.86. The molecule has 7 heteroatoms. The van der Waals surface area contributed by atoms with Gasteiger partial charge in [0.1, 0.15) is 23.1 Å².